The highest BCUT2D eigenvalue weighted by molar-refractivity contribution is 7.51. The smallest absolute Gasteiger partial charge is 0.387 e. The van der Waals surface area contributed by atoms with Gasteiger partial charge in [0, 0.05) is 12.3 Å². The summed E-state index contributed by atoms with van der Waals surface area (Å²) in [5, 5.41) is 10.2. The molecule has 0 saturated carbocycles. The molecule has 3 rings (SSSR count). The third-order valence-electron chi connectivity index (χ3n) is 4.27. The number of halogens is 1. The molecule has 1 saturated heterocycles. The van der Waals surface area contributed by atoms with Crippen LogP contribution in [0.2, 0.25) is 0 Å². The van der Waals surface area contributed by atoms with Crippen molar-refractivity contribution in [3.8, 4) is 0 Å². The molecule has 1 unspecified atom stereocenters. The minimum Gasteiger partial charge on any atom is -0.387 e. The summed E-state index contributed by atoms with van der Waals surface area (Å²) in [6.07, 6.45) is 0.549. The second-order valence-corrected chi connectivity index (χ2v) is 8.09. The van der Waals surface area contributed by atoms with Crippen LogP contribution in [-0.4, -0.2) is 48.4 Å². The van der Waals surface area contributed by atoms with E-state index in [2.05, 4.69) is 0 Å². The number of aromatic nitrogens is 4. The summed E-state index contributed by atoms with van der Waals surface area (Å²) in [4.78, 5) is 35.0. The summed E-state index contributed by atoms with van der Waals surface area (Å²) < 4.78 is 40.9. The van der Waals surface area contributed by atoms with Gasteiger partial charge in [0.05, 0.1) is 13.7 Å². The SMILES string of the molecule is C[n+]1ccn(P(=O)(O)OC[C@H]2O[C@@H](n3ccc(=O)[nH]c3=O)[C@](C)(F)[C@@H]2O)c1. The third-order valence-corrected chi connectivity index (χ3v) is 5.58. The molecular weight excluding hydrogens is 386 g/mol. The van der Waals surface area contributed by atoms with Crippen molar-refractivity contribution in [1.82, 2.24) is 13.9 Å². The predicted molar refractivity (Wildman–Crippen MR) is 87.5 cm³/mol. The zero-order valence-electron chi connectivity index (χ0n) is 14.4. The molecule has 2 aromatic rings. The van der Waals surface area contributed by atoms with Crippen LogP contribution < -0.4 is 15.8 Å². The monoisotopic (exact) mass is 405 g/mol. The minimum atomic E-state index is -4.29. The number of hydrogen-bond acceptors (Lipinski definition) is 6. The van der Waals surface area contributed by atoms with Crippen molar-refractivity contribution in [3.63, 3.8) is 0 Å². The van der Waals surface area contributed by atoms with Crippen molar-refractivity contribution < 1.29 is 32.8 Å². The zero-order chi connectivity index (χ0) is 20.0. The van der Waals surface area contributed by atoms with E-state index in [1.807, 2.05) is 4.98 Å². The Balaban J connectivity index is 1.79. The van der Waals surface area contributed by atoms with Gasteiger partial charge in [-0.2, -0.15) is 0 Å². The van der Waals surface area contributed by atoms with Gasteiger partial charge in [-0.15, -0.1) is 4.34 Å². The number of nitrogens with zero attached hydrogens (tertiary/aromatic N) is 3. The van der Waals surface area contributed by atoms with Crippen LogP contribution >= 0.6 is 7.75 Å². The van der Waals surface area contributed by atoms with Crippen molar-refractivity contribution in [1.29, 1.82) is 0 Å². The number of alkyl halides is 1. The number of nitrogens with one attached hydrogen (secondary N) is 1. The first-order chi connectivity index (χ1) is 12.5. The third kappa shape index (κ3) is 3.66. The van der Waals surface area contributed by atoms with Gasteiger partial charge >= 0.3 is 13.4 Å². The normalized spacial score (nSPS) is 30.3. The molecule has 3 N–H and O–H groups in total. The number of aliphatic hydroxyl groups excluding tert-OH is 1. The van der Waals surface area contributed by atoms with E-state index in [1.165, 1.54) is 23.3 Å². The molecule has 1 aliphatic rings. The topological polar surface area (TPSA) is 140 Å². The van der Waals surface area contributed by atoms with Gasteiger partial charge in [-0.3, -0.25) is 23.8 Å². The zero-order valence-corrected chi connectivity index (χ0v) is 15.3. The van der Waals surface area contributed by atoms with Crippen molar-refractivity contribution >= 4 is 7.75 Å². The molecule has 11 nitrogen and oxygen atoms in total. The average molecular weight is 405 g/mol. The molecule has 0 radical (unpaired) electrons. The minimum absolute atomic E-state index is 0.606. The van der Waals surface area contributed by atoms with E-state index < -0.39 is 49.7 Å². The lowest BCUT2D eigenvalue weighted by atomic mass is 9.98. The Bertz CT molecular complexity index is 1000. The van der Waals surface area contributed by atoms with Gasteiger partial charge in [0.25, 0.3) is 11.9 Å². The molecule has 0 bridgehead atoms. The largest absolute Gasteiger partial charge is 0.525 e. The molecule has 1 aliphatic heterocycles. The predicted octanol–water partition coefficient (Wildman–Crippen LogP) is -1.19. The first-order valence-electron chi connectivity index (χ1n) is 7.87. The fourth-order valence-corrected chi connectivity index (χ4v) is 3.78. The molecule has 0 amide bonds. The van der Waals surface area contributed by atoms with Gasteiger partial charge in [0.2, 0.25) is 0 Å². The quantitative estimate of drug-likeness (QED) is 0.420. The van der Waals surface area contributed by atoms with Crippen LogP contribution in [0.5, 0.6) is 0 Å². The van der Waals surface area contributed by atoms with Crippen molar-refractivity contribution in [2.45, 2.75) is 31.0 Å². The van der Waals surface area contributed by atoms with E-state index in [0.29, 0.717) is 0 Å². The molecule has 2 aromatic heterocycles. The summed E-state index contributed by atoms with van der Waals surface area (Å²) in [5.74, 6) is 0. The molecule has 148 valence electrons. The van der Waals surface area contributed by atoms with E-state index in [-0.39, 0.29) is 0 Å². The maximum absolute atomic E-state index is 15.0. The Morgan fingerprint density at radius 2 is 2.19 bits per heavy atom. The van der Waals surface area contributed by atoms with Crippen LogP contribution in [-0.2, 0) is 20.9 Å². The first kappa shape index (κ1) is 19.6. The molecule has 13 heteroatoms. The summed E-state index contributed by atoms with van der Waals surface area (Å²) in [6.45, 7) is 0.412. The number of imidazole rings is 1. The highest BCUT2D eigenvalue weighted by Crippen LogP contribution is 2.46. The van der Waals surface area contributed by atoms with Gasteiger partial charge < -0.3 is 9.84 Å². The maximum atomic E-state index is 15.0. The molecule has 5 atom stereocenters. The van der Waals surface area contributed by atoms with Crippen LogP contribution in [0.3, 0.4) is 0 Å². The van der Waals surface area contributed by atoms with Gasteiger partial charge in [0.1, 0.15) is 24.6 Å². The van der Waals surface area contributed by atoms with E-state index >= 15 is 4.39 Å². The molecular formula is C14H19FN4O7P+. The highest BCUT2D eigenvalue weighted by Gasteiger charge is 2.55. The molecule has 27 heavy (non-hydrogen) atoms. The Labute approximate surface area is 151 Å². The van der Waals surface area contributed by atoms with Crippen LogP contribution in [0.4, 0.5) is 4.39 Å². The van der Waals surface area contributed by atoms with Crippen LogP contribution in [0.15, 0.2) is 40.6 Å². The summed E-state index contributed by atoms with van der Waals surface area (Å²) in [6, 6.07) is 1.00. The number of hydrogen-bond donors (Lipinski definition) is 3. The summed E-state index contributed by atoms with van der Waals surface area (Å²) in [5.41, 5.74) is -4.01. The number of aliphatic hydroxyl groups is 1. The molecule has 0 spiro atoms. The lowest BCUT2D eigenvalue weighted by molar-refractivity contribution is -0.670. The number of ether oxygens (including phenoxy) is 1. The van der Waals surface area contributed by atoms with Gasteiger partial charge in [-0.25, -0.2) is 18.3 Å². The standard InChI is InChI=1S/C14H18FN4O7P/c1-14(15)11(21)9(7-25-27(23,24)18-6-5-17(2)8-18)26-12(14)19-4-3-10(20)16-13(19)22/h3-6,8-9,11-12,21H,7H2,1-2H3,(H-,16,20,22,23,24)/p+1/t9-,11-,12-,14-/m1/s1. The van der Waals surface area contributed by atoms with Crippen molar-refractivity contribution in [3.05, 3.63) is 51.8 Å². The molecule has 0 aromatic carbocycles. The maximum Gasteiger partial charge on any atom is 0.525 e. The second kappa shape index (κ2) is 6.80. The summed E-state index contributed by atoms with van der Waals surface area (Å²) >= 11 is 0. The van der Waals surface area contributed by atoms with Crippen LogP contribution in [0.1, 0.15) is 13.2 Å². The average Bonchev–Trinajstić information content (AvgIpc) is 3.10. The number of aromatic amines is 1. The van der Waals surface area contributed by atoms with E-state index in [0.717, 1.165) is 28.1 Å². The van der Waals surface area contributed by atoms with Crippen LogP contribution in [0.25, 0.3) is 0 Å². The molecule has 1 fully saturated rings. The fourth-order valence-electron chi connectivity index (χ4n) is 2.79. The molecule has 3 heterocycles. The first-order valence-corrected chi connectivity index (χ1v) is 9.41. The van der Waals surface area contributed by atoms with Gasteiger partial charge in [0.15, 0.2) is 11.9 Å². The number of rotatable bonds is 5. The fraction of sp³-hybridized carbons (Fsp3) is 0.500. The van der Waals surface area contributed by atoms with Gasteiger partial charge in [-0.05, 0) is 6.92 Å². The van der Waals surface area contributed by atoms with E-state index in [9.17, 15) is 24.2 Å². The van der Waals surface area contributed by atoms with E-state index in [4.69, 9.17) is 9.26 Å². The Morgan fingerprint density at radius 1 is 1.48 bits per heavy atom. The van der Waals surface area contributed by atoms with Crippen LogP contribution in [0, 0.1) is 0 Å². The second-order valence-electron chi connectivity index (χ2n) is 6.39. The lowest BCUT2D eigenvalue weighted by Crippen LogP contribution is -2.43. The summed E-state index contributed by atoms with van der Waals surface area (Å²) in [7, 11) is -2.65. The Morgan fingerprint density at radius 3 is 2.78 bits per heavy atom. The Hall–Kier alpha value is -2.11. The van der Waals surface area contributed by atoms with Crippen molar-refractivity contribution in [2.75, 3.05) is 6.61 Å². The van der Waals surface area contributed by atoms with Crippen molar-refractivity contribution in [2.24, 2.45) is 7.05 Å². The number of aryl methyl sites for hydroxylation is 1. The van der Waals surface area contributed by atoms with Gasteiger partial charge in [-0.1, -0.05) is 0 Å². The highest BCUT2D eigenvalue weighted by atomic mass is 31.2. The Kier molecular flexibility index (Phi) is 4.95. The molecule has 0 aliphatic carbocycles. The number of H-pyrrole nitrogens is 1. The van der Waals surface area contributed by atoms with E-state index in [1.54, 1.807) is 7.05 Å². The lowest BCUT2D eigenvalue weighted by Gasteiger charge is -2.24.